The van der Waals surface area contributed by atoms with Gasteiger partial charge in [0.25, 0.3) is 11.8 Å². The summed E-state index contributed by atoms with van der Waals surface area (Å²) in [4.78, 5) is 26.0. The third kappa shape index (κ3) is 4.20. The second-order valence-electron chi connectivity index (χ2n) is 6.64. The van der Waals surface area contributed by atoms with Gasteiger partial charge in [-0.15, -0.1) is 0 Å². The van der Waals surface area contributed by atoms with Gasteiger partial charge in [0.2, 0.25) is 0 Å². The molecule has 2 rings (SSSR count). The molecule has 0 N–H and O–H groups in total. The molecule has 0 aliphatic carbocycles. The summed E-state index contributed by atoms with van der Waals surface area (Å²) < 4.78 is 11.1. The van der Waals surface area contributed by atoms with Crippen LogP contribution in [0, 0.1) is 17.2 Å². The van der Waals surface area contributed by atoms with Crippen LogP contribution in [-0.2, 0) is 9.59 Å². The van der Waals surface area contributed by atoms with Crippen LogP contribution >= 0.6 is 0 Å². The number of imide groups is 1. The minimum atomic E-state index is -0.547. The molecule has 1 aromatic carbocycles. The fourth-order valence-electron chi connectivity index (χ4n) is 2.73. The van der Waals surface area contributed by atoms with Crippen LogP contribution in [-0.4, -0.2) is 37.0 Å². The molecule has 1 heterocycles. The number of ether oxygens (including phenoxy) is 2. The molecule has 0 radical (unpaired) electrons. The Bertz CT molecular complexity index is 859. The molecular weight excluding hydrogens is 344 g/mol. The molecule has 0 spiro atoms. The maximum atomic E-state index is 12.7. The first-order valence-electron chi connectivity index (χ1n) is 8.84. The van der Waals surface area contributed by atoms with Gasteiger partial charge in [-0.3, -0.25) is 14.5 Å². The summed E-state index contributed by atoms with van der Waals surface area (Å²) in [6, 6.07) is 7.28. The van der Waals surface area contributed by atoms with Crippen molar-refractivity contribution in [2.45, 2.75) is 27.7 Å². The average Bonchev–Trinajstić information content (AvgIpc) is 2.64. The predicted molar refractivity (Wildman–Crippen MR) is 102 cm³/mol. The molecule has 142 valence electrons. The number of nitrogens with zero attached hydrogens (tertiary/aromatic N) is 2. The number of rotatable bonds is 6. The Balaban J connectivity index is 2.47. The zero-order valence-corrected chi connectivity index (χ0v) is 16.3. The minimum Gasteiger partial charge on any atom is -0.493 e. The lowest BCUT2D eigenvalue weighted by atomic mass is 9.93. The number of benzene rings is 1. The van der Waals surface area contributed by atoms with Crippen LogP contribution in [0.1, 0.15) is 33.3 Å². The predicted octanol–water partition coefficient (Wildman–Crippen LogP) is 3.34. The number of carbonyl (C=O) groups is 2. The molecule has 0 fully saturated rings. The molecule has 2 amide bonds. The zero-order chi connectivity index (χ0) is 20.1. The van der Waals surface area contributed by atoms with E-state index < -0.39 is 11.8 Å². The highest BCUT2D eigenvalue weighted by Gasteiger charge is 2.34. The Morgan fingerprint density at radius 3 is 2.48 bits per heavy atom. The molecule has 0 atom stereocenters. The third-order valence-electron chi connectivity index (χ3n) is 4.21. The van der Waals surface area contributed by atoms with Crippen LogP contribution in [0.5, 0.6) is 11.5 Å². The van der Waals surface area contributed by atoms with Crippen LogP contribution in [0.4, 0.5) is 0 Å². The van der Waals surface area contributed by atoms with Crippen molar-refractivity contribution < 1.29 is 19.1 Å². The maximum absolute atomic E-state index is 12.7. The minimum absolute atomic E-state index is 0.00782. The van der Waals surface area contributed by atoms with Crippen molar-refractivity contribution in [3.8, 4) is 17.6 Å². The Hall–Kier alpha value is -3.07. The van der Waals surface area contributed by atoms with Crippen molar-refractivity contribution in [2.75, 3.05) is 20.3 Å². The molecule has 0 saturated carbocycles. The van der Waals surface area contributed by atoms with Crippen molar-refractivity contribution in [1.29, 1.82) is 5.26 Å². The highest BCUT2D eigenvalue weighted by Crippen LogP contribution is 2.31. The fraction of sp³-hybridized carbons (Fsp3) is 0.381. The number of likely N-dealkylation sites (N-methyl/N-ethyl adjacent to an activating group) is 1. The largest absolute Gasteiger partial charge is 0.493 e. The van der Waals surface area contributed by atoms with Gasteiger partial charge in [0.1, 0.15) is 11.6 Å². The van der Waals surface area contributed by atoms with Crippen LogP contribution in [0.2, 0.25) is 0 Å². The van der Waals surface area contributed by atoms with Gasteiger partial charge in [0.05, 0.1) is 13.7 Å². The quantitative estimate of drug-likeness (QED) is 0.568. The lowest BCUT2D eigenvalue weighted by molar-refractivity contribution is -0.140. The Labute approximate surface area is 159 Å². The summed E-state index contributed by atoms with van der Waals surface area (Å²) in [5, 5.41) is 9.31. The maximum Gasteiger partial charge on any atom is 0.271 e. The normalized spacial score (nSPS) is 16.2. The van der Waals surface area contributed by atoms with Gasteiger partial charge in [0, 0.05) is 12.1 Å². The van der Waals surface area contributed by atoms with Crippen LogP contribution in [0.3, 0.4) is 0 Å². The summed E-state index contributed by atoms with van der Waals surface area (Å²) in [7, 11) is 1.55. The third-order valence-corrected chi connectivity index (χ3v) is 4.21. The molecule has 6 heteroatoms. The van der Waals surface area contributed by atoms with Gasteiger partial charge in [-0.25, -0.2) is 0 Å². The van der Waals surface area contributed by atoms with E-state index in [2.05, 4.69) is 13.8 Å². The lowest BCUT2D eigenvalue weighted by Crippen LogP contribution is -2.42. The van der Waals surface area contributed by atoms with Crippen LogP contribution < -0.4 is 9.47 Å². The number of hydrogen-bond acceptors (Lipinski definition) is 5. The van der Waals surface area contributed by atoms with E-state index in [-0.39, 0.29) is 12.1 Å². The van der Waals surface area contributed by atoms with E-state index in [9.17, 15) is 14.9 Å². The van der Waals surface area contributed by atoms with Crippen molar-refractivity contribution >= 4 is 17.9 Å². The first-order valence-corrected chi connectivity index (χ1v) is 8.84. The second kappa shape index (κ2) is 8.54. The smallest absolute Gasteiger partial charge is 0.271 e. The Morgan fingerprint density at radius 1 is 1.22 bits per heavy atom. The van der Waals surface area contributed by atoms with E-state index >= 15 is 0 Å². The van der Waals surface area contributed by atoms with E-state index in [0.717, 1.165) is 4.90 Å². The number of methoxy groups -OCH3 is 1. The number of nitriles is 1. The highest BCUT2D eigenvalue weighted by molar-refractivity contribution is 6.19. The van der Waals surface area contributed by atoms with Crippen molar-refractivity contribution in [3.05, 3.63) is 40.5 Å². The number of carbonyl (C=O) groups excluding carboxylic acids is 2. The summed E-state index contributed by atoms with van der Waals surface area (Å²) in [6.07, 6.45) is 1.67. The summed E-state index contributed by atoms with van der Waals surface area (Å²) in [5.74, 6) is 0.608. The molecule has 1 aromatic rings. The van der Waals surface area contributed by atoms with E-state index in [1.165, 1.54) is 0 Å². The molecule has 1 aliphatic heterocycles. The molecule has 1 aliphatic rings. The molecule has 6 nitrogen and oxygen atoms in total. The number of hydrogen-bond donors (Lipinski definition) is 0. The zero-order valence-electron chi connectivity index (χ0n) is 16.3. The van der Waals surface area contributed by atoms with Crippen molar-refractivity contribution in [2.24, 2.45) is 5.92 Å². The van der Waals surface area contributed by atoms with E-state index in [1.807, 2.05) is 12.1 Å². The van der Waals surface area contributed by atoms with Gasteiger partial charge < -0.3 is 9.47 Å². The molecule has 0 bridgehead atoms. The van der Waals surface area contributed by atoms with Gasteiger partial charge in [-0.05, 0) is 49.1 Å². The SMILES string of the molecule is CCN1C(=O)C(C#N)=C(C)/C(=C\c2ccc(OCC(C)C)c(OC)c2)C1=O. The van der Waals surface area contributed by atoms with E-state index in [4.69, 9.17) is 9.47 Å². The molecule has 0 saturated heterocycles. The number of amides is 2. The fourth-order valence-corrected chi connectivity index (χ4v) is 2.73. The van der Waals surface area contributed by atoms with Crippen LogP contribution in [0.15, 0.2) is 34.9 Å². The van der Waals surface area contributed by atoms with Crippen LogP contribution in [0.25, 0.3) is 6.08 Å². The van der Waals surface area contributed by atoms with Crippen molar-refractivity contribution in [3.63, 3.8) is 0 Å². The van der Waals surface area contributed by atoms with Gasteiger partial charge in [0.15, 0.2) is 11.5 Å². The summed E-state index contributed by atoms with van der Waals surface area (Å²) >= 11 is 0. The average molecular weight is 368 g/mol. The first kappa shape index (κ1) is 20.2. The Morgan fingerprint density at radius 2 is 1.93 bits per heavy atom. The lowest BCUT2D eigenvalue weighted by Gasteiger charge is -2.26. The topological polar surface area (TPSA) is 79.6 Å². The van der Waals surface area contributed by atoms with Gasteiger partial charge >= 0.3 is 0 Å². The van der Waals surface area contributed by atoms with E-state index in [1.54, 1.807) is 39.2 Å². The molecule has 0 unspecified atom stereocenters. The monoisotopic (exact) mass is 368 g/mol. The second-order valence-corrected chi connectivity index (χ2v) is 6.64. The van der Waals surface area contributed by atoms with Crippen molar-refractivity contribution in [1.82, 2.24) is 4.90 Å². The van der Waals surface area contributed by atoms with Gasteiger partial charge in [-0.2, -0.15) is 5.26 Å². The highest BCUT2D eigenvalue weighted by atomic mass is 16.5. The summed E-state index contributed by atoms with van der Waals surface area (Å²) in [6.45, 7) is 8.21. The van der Waals surface area contributed by atoms with E-state index in [0.29, 0.717) is 40.7 Å². The molecule has 27 heavy (non-hydrogen) atoms. The molecular formula is C21H24N2O4. The molecule has 0 aromatic heterocycles. The Kier molecular flexibility index (Phi) is 6.40. The standard InChI is InChI=1S/C21H24N2O4/c1-6-23-20(24)16(14(4)17(11-22)21(23)25)9-15-7-8-18(19(10-15)26-5)27-12-13(2)3/h7-10,13H,6,12H2,1-5H3/b16-9+. The first-order chi connectivity index (χ1) is 12.8. The summed E-state index contributed by atoms with van der Waals surface area (Å²) in [5.41, 5.74) is 1.42. The van der Waals surface area contributed by atoms with Gasteiger partial charge in [-0.1, -0.05) is 19.9 Å².